The lowest BCUT2D eigenvalue weighted by Gasteiger charge is -2.31. The number of hydrogen-bond acceptors (Lipinski definition) is 6. The average molecular weight is 631 g/mol. The van der Waals surface area contributed by atoms with E-state index in [0.717, 1.165) is 5.56 Å². The fourth-order valence-corrected chi connectivity index (χ4v) is 6.63. The van der Waals surface area contributed by atoms with Gasteiger partial charge in [0.05, 0.1) is 36.1 Å². The summed E-state index contributed by atoms with van der Waals surface area (Å²) < 4.78 is 73.2. The summed E-state index contributed by atoms with van der Waals surface area (Å²) in [5, 5.41) is 2.72. The van der Waals surface area contributed by atoms with Gasteiger partial charge in [-0.2, -0.15) is 13.2 Å². The maximum atomic E-state index is 13.8. The van der Waals surface area contributed by atoms with Gasteiger partial charge in [-0.1, -0.05) is 54.1 Å². The highest BCUT2D eigenvalue weighted by atomic mass is 35.5. The summed E-state index contributed by atoms with van der Waals surface area (Å²) in [6.45, 7) is 4.60. The Morgan fingerprint density at radius 2 is 1.74 bits per heavy atom. The van der Waals surface area contributed by atoms with Crippen LogP contribution in [0.25, 0.3) is 4.91 Å². The first-order valence-corrected chi connectivity index (χ1v) is 15.0. The Balaban J connectivity index is 1.91. The monoisotopic (exact) mass is 630 g/mol. The number of benzene rings is 2. The zero-order chi connectivity index (χ0) is 31.3. The van der Waals surface area contributed by atoms with Gasteiger partial charge >= 0.3 is 6.18 Å². The lowest BCUT2D eigenvalue weighted by atomic mass is 9.92. The van der Waals surface area contributed by atoms with E-state index >= 15 is 0 Å². The fraction of sp³-hybridized carbons (Fsp3) is 0.429. The first-order chi connectivity index (χ1) is 19.5. The van der Waals surface area contributed by atoms with Gasteiger partial charge in [0.1, 0.15) is 6.04 Å². The molecule has 2 aromatic carbocycles. The van der Waals surface area contributed by atoms with E-state index in [4.69, 9.17) is 22.1 Å². The van der Waals surface area contributed by atoms with Crippen LogP contribution in [-0.2, 0) is 31.0 Å². The van der Waals surface area contributed by atoms with Crippen molar-refractivity contribution in [2.45, 2.75) is 57.6 Å². The van der Waals surface area contributed by atoms with Crippen LogP contribution in [0.5, 0.6) is 0 Å². The lowest BCUT2D eigenvalue weighted by Crippen LogP contribution is -2.55. The summed E-state index contributed by atoms with van der Waals surface area (Å²) in [6.07, 6.45) is -6.26. The van der Waals surface area contributed by atoms with Crippen molar-refractivity contribution in [1.29, 1.82) is 0 Å². The van der Waals surface area contributed by atoms with Gasteiger partial charge in [-0.3, -0.25) is 9.59 Å². The van der Waals surface area contributed by atoms with E-state index in [0.29, 0.717) is 16.2 Å². The third kappa shape index (κ3) is 8.77. The molecule has 2 amide bonds. The second kappa shape index (κ2) is 13.6. The van der Waals surface area contributed by atoms with Crippen LogP contribution in [0.3, 0.4) is 0 Å². The molecule has 4 N–H and O–H groups in total. The van der Waals surface area contributed by atoms with E-state index in [1.165, 1.54) is 4.90 Å². The predicted octanol–water partition coefficient (Wildman–Crippen LogP) is 3.59. The highest BCUT2D eigenvalue weighted by molar-refractivity contribution is 7.99. The Labute approximate surface area is 248 Å². The van der Waals surface area contributed by atoms with Crippen molar-refractivity contribution in [2.24, 2.45) is 5.73 Å². The molecule has 0 fully saturated rings. The van der Waals surface area contributed by atoms with Crippen LogP contribution in [0.2, 0.25) is 5.02 Å². The number of amides is 2. The summed E-state index contributed by atoms with van der Waals surface area (Å²) in [5.41, 5.74) is 5.92. The largest absolute Gasteiger partial charge is 0.391 e. The number of likely N-dealkylation sites (N-methyl/N-ethyl adjacent to an activating group) is 1. The number of ether oxygens (including phenoxy) is 1. The van der Waals surface area contributed by atoms with Gasteiger partial charge in [-0.25, -0.2) is 13.1 Å². The number of nitrogens with zero attached hydrogens (tertiary/aromatic N) is 1. The number of nitrogens with one attached hydrogen (secondary N) is 2. The zero-order valence-electron chi connectivity index (χ0n) is 23.4. The third-order valence-corrected chi connectivity index (χ3v) is 8.68. The number of nitrogens with two attached hydrogens (primary N) is 1. The molecular weight excluding hydrogens is 597 g/mol. The summed E-state index contributed by atoms with van der Waals surface area (Å²) in [6, 6.07) is 11.8. The molecule has 9 nitrogen and oxygen atoms in total. The topological polar surface area (TPSA) is 131 Å². The van der Waals surface area contributed by atoms with E-state index in [1.807, 2.05) is 6.07 Å². The van der Waals surface area contributed by atoms with Crippen molar-refractivity contribution in [3.63, 3.8) is 0 Å². The molecule has 1 heterocycles. The molecule has 0 spiro atoms. The predicted molar refractivity (Wildman–Crippen MR) is 153 cm³/mol. The smallest absolute Gasteiger partial charge is 0.374 e. The number of halogens is 4. The Kier molecular flexibility index (Phi) is 10.8. The molecule has 0 bridgehead atoms. The maximum Gasteiger partial charge on any atom is 0.391 e. The molecule has 0 aliphatic carbocycles. The van der Waals surface area contributed by atoms with Crippen LogP contribution in [0.1, 0.15) is 38.3 Å². The van der Waals surface area contributed by atoms with Crippen molar-refractivity contribution in [3.05, 3.63) is 76.3 Å². The van der Waals surface area contributed by atoms with Crippen LogP contribution < -0.4 is 15.8 Å². The maximum absolute atomic E-state index is 13.8. The fourth-order valence-electron chi connectivity index (χ4n) is 4.52. The second-order valence-electron chi connectivity index (χ2n) is 10.4. The van der Waals surface area contributed by atoms with E-state index < -0.39 is 52.1 Å². The number of hydrogen-bond donors (Lipinski definition) is 3. The van der Waals surface area contributed by atoms with Crippen molar-refractivity contribution in [3.8, 4) is 0 Å². The van der Waals surface area contributed by atoms with E-state index in [-0.39, 0.29) is 31.2 Å². The lowest BCUT2D eigenvalue weighted by molar-refractivity contribution is -0.149. The molecule has 2 atom stereocenters. The zero-order valence-corrected chi connectivity index (χ0v) is 24.9. The van der Waals surface area contributed by atoms with Crippen molar-refractivity contribution in [2.75, 3.05) is 19.7 Å². The molecular formula is C28H34ClF3N4O5S. The van der Waals surface area contributed by atoms with Gasteiger partial charge in [0.15, 0.2) is 0 Å². The molecule has 0 aromatic heterocycles. The molecule has 0 saturated heterocycles. The third-order valence-electron chi connectivity index (χ3n) is 6.63. The van der Waals surface area contributed by atoms with Gasteiger partial charge in [-0.05, 0) is 49.6 Å². The Morgan fingerprint density at radius 1 is 1.12 bits per heavy atom. The Morgan fingerprint density at radius 3 is 2.31 bits per heavy atom. The normalized spacial score (nSPS) is 17.5. The quantitative estimate of drug-likeness (QED) is 0.329. The van der Waals surface area contributed by atoms with E-state index in [1.54, 1.807) is 69.3 Å². The van der Waals surface area contributed by atoms with Crippen molar-refractivity contribution < 1.29 is 35.9 Å². The van der Waals surface area contributed by atoms with Crippen LogP contribution >= 0.6 is 11.6 Å². The summed E-state index contributed by atoms with van der Waals surface area (Å²) in [7, 11) is -3.97. The number of rotatable bonds is 12. The first-order valence-electron chi connectivity index (χ1n) is 13.1. The Hall–Kier alpha value is -2.97. The number of carbonyl (C=O) groups is 2. The van der Waals surface area contributed by atoms with Crippen LogP contribution in [-0.4, -0.2) is 68.6 Å². The summed E-state index contributed by atoms with van der Waals surface area (Å²) in [4.78, 5) is 27.7. The van der Waals surface area contributed by atoms with Gasteiger partial charge in [0.2, 0.25) is 21.8 Å². The molecule has 2 aromatic rings. The minimum Gasteiger partial charge on any atom is -0.374 e. The second-order valence-corrected chi connectivity index (χ2v) is 12.4. The molecule has 1 aliphatic heterocycles. The number of carbonyl (C=O) groups excluding carboxylic acids is 2. The first kappa shape index (κ1) is 33.5. The summed E-state index contributed by atoms with van der Waals surface area (Å²) >= 11 is 5.99. The highest BCUT2D eigenvalue weighted by Gasteiger charge is 2.44. The Bertz CT molecular complexity index is 1400. The molecule has 14 heteroatoms. The van der Waals surface area contributed by atoms with Gasteiger partial charge in [0.25, 0.3) is 0 Å². The number of sulfonamides is 1. The standard InChI is InChI=1S/C28H34ClF3N4O5S/c1-4-36(15-21-24(19-10-12-20(29)13-11-19)42(39,40)35-27(21,2)3)26(38)23(17-41-16-18-8-6-5-7-9-18)34-25(37)22(33)14-28(30,31)32/h5-13,22-23,35H,4,14-17,33H2,1-3H3,(H,34,37). The van der Waals surface area contributed by atoms with Crippen LogP contribution in [0.4, 0.5) is 13.2 Å². The average Bonchev–Trinajstić information content (AvgIpc) is 3.08. The molecule has 1 aliphatic rings. The van der Waals surface area contributed by atoms with Crippen molar-refractivity contribution >= 4 is 38.3 Å². The molecule has 0 radical (unpaired) electrons. The molecule has 0 saturated carbocycles. The van der Waals surface area contributed by atoms with E-state index in [9.17, 15) is 31.2 Å². The van der Waals surface area contributed by atoms with Crippen LogP contribution in [0, 0.1) is 0 Å². The minimum absolute atomic E-state index is 0.0106. The summed E-state index contributed by atoms with van der Waals surface area (Å²) in [5.74, 6) is -1.85. The van der Waals surface area contributed by atoms with E-state index in [2.05, 4.69) is 10.0 Å². The van der Waals surface area contributed by atoms with Crippen molar-refractivity contribution in [1.82, 2.24) is 14.9 Å². The minimum atomic E-state index is -4.69. The van der Waals surface area contributed by atoms with Gasteiger partial charge in [0, 0.05) is 18.1 Å². The SMILES string of the molecule is CCN(CC1=C(c2ccc(Cl)cc2)S(=O)(=O)NC1(C)C)C(=O)C(COCc1ccccc1)NC(=O)C(N)CC(F)(F)F. The van der Waals surface area contributed by atoms with Gasteiger partial charge < -0.3 is 20.7 Å². The molecule has 42 heavy (non-hydrogen) atoms. The molecule has 2 unspecified atom stereocenters. The number of alkyl halides is 3. The highest BCUT2D eigenvalue weighted by Crippen LogP contribution is 2.38. The molecule has 230 valence electrons. The van der Waals surface area contributed by atoms with Gasteiger partial charge in [-0.15, -0.1) is 0 Å². The van der Waals surface area contributed by atoms with Crippen LogP contribution in [0.15, 0.2) is 60.2 Å². The molecule has 3 rings (SSSR count).